The lowest BCUT2D eigenvalue weighted by Crippen LogP contribution is -2.15. The molecule has 0 fully saturated rings. The summed E-state index contributed by atoms with van der Waals surface area (Å²) in [6.07, 6.45) is 1.29. The van der Waals surface area contributed by atoms with E-state index in [-0.39, 0.29) is 26.5 Å². The SMILES string of the molecule is Cc1cc(NS(=O)(=O)c2ccc(NC(=O)c3cnc(Cl)c(Cl)c3)cc2)nc(C)n1. The molecule has 3 aromatic rings. The summed E-state index contributed by atoms with van der Waals surface area (Å²) in [6, 6.07) is 8.59. The summed E-state index contributed by atoms with van der Waals surface area (Å²) in [4.78, 5) is 24.3. The van der Waals surface area contributed by atoms with Crippen LogP contribution in [0.4, 0.5) is 11.5 Å². The van der Waals surface area contributed by atoms with Crippen molar-refractivity contribution in [3.63, 3.8) is 0 Å². The van der Waals surface area contributed by atoms with Gasteiger partial charge in [-0.2, -0.15) is 0 Å². The van der Waals surface area contributed by atoms with E-state index in [1.807, 2.05) is 0 Å². The molecule has 29 heavy (non-hydrogen) atoms. The first-order chi connectivity index (χ1) is 13.6. The van der Waals surface area contributed by atoms with Gasteiger partial charge in [0.25, 0.3) is 15.9 Å². The molecule has 0 aliphatic heterocycles. The van der Waals surface area contributed by atoms with Gasteiger partial charge in [-0.05, 0) is 44.2 Å². The Hall–Kier alpha value is -2.75. The van der Waals surface area contributed by atoms with Crippen LogP contribution < -0.4 is 10.0 Å². The number of hydrogen-bond donors (Lipinski definition) is 2. The Morgan fingerprint density at radius 2 is 1.72 bits per heavy atom. The highest BCUT2D eigenvalue weighted by molar-refractivity contribution is 7.92. The molecule has 8 nitrogen and oxygen atoms in total. The van der Waals surface area contributed by atoms with E-state index >= 15 is 0 Å². The Morgan fingerprint density at radius 1 is 1.03 bits per heavy atom. The Morgan fingerprint density at radius 3 is 2.34 bits per heavy atom. The molecule has 2 heterocycles. The number of amides is 1. The minimum Gasteiger partial charge on any atom is -0.322 e. The Balaban J connectivity index is 1.74. The van der Waals surface area contributed by atoms with Crippen LogP contribution in [0.1, 0.15) is 21.9 Å². The number of anilines is 2. The molecule has 0 aliphatic carbocycles. The van der Waals surface area contributed by atoms with Crippen LogP contribution >= 0.6 is 23.2 Å². The summed E-state index contributed by atoms with van der Waals surface area (Å²) < 4.78 is 27.5. The summed E-state index contributed by atoms with van der Waals surface area (Å²) in [7, 11) is -3.85. The quantitative estimate of drug-likeness (QED) is 0.569. The van der Waals surface area contributed by atoms with Crippen molar-refractivity contribution >= 4 is 50.6 Å². The zero-order chi connectivity index (χ0) is 21.2. The Labute approximate surface area is 177 Å². The maximum atomic E-state index is 12.6. The van der Waals surface area contributed by atoms with Gasteiger partial charge < -0.3 is 5.32 Å². The summed E-state index contributed by atoms with van der Waals surface area (Å²) in [5.41, 5.74) is 1.26. The van der Waals surface area contributed by atoms with Crippen molar-refractivity contribution in [3.8, 4) is 0 Å². The van der Waals surface area contributed by atoms with Crippen molar-refractivity contribution in [2.45, 2.75) is 18.7 Å². The normalized spacial score (nSPS) is 11.2. The third-order valence-corrected chi connectivity index (χ3v) is 5.74. The predicted molar refractivity (Wildman–Crippen MR) is 111 cm³/mol. The van der Waals surface area contributed by atoms with E-state index < -0.39 is 15.9 Å². The number of aryl methyl sites for hydroxylation is 2. The van der Waals surface area contributed by atoms with E-state index in [2.05, 4.69) is 25.0 Å². The molecule has 1 aromatic carbocycles. The molecule has 0 aliphatic rings. The molecule has 3 rings (SSSR count). The van der Waals surface area contributed by atoms with Crippen LogP contribution in [0.3, 0.4) is 0 Å². The number of aromatic nitrogens is 3. The van der Waals surface area contributed by atoms with Crippen molar-refractivity contribution in [2.24, 2.45) is 0 Å². The number of carbonyl (C=O) groups excluding carboxylic acids is 1. The highest BCUT2D eigenvalue weighted by Gasteiger charge is 2.16. The third kappa shape index (κ3) is 5.20. The second-order valence-electron chi connectivity index (χ2n) is 6.02. The first-order valence-corrected chi connectivity index (χ1v) is 10.5. The lowest BCUT2D eigenvalue weighted by atomic mass is 10.2. The van der Waals surface area contributed by atoms with Crippen LogP contribution in [0, 0.1) is 13.8 Å². The van der Waals surface area contributed by atoms with Gasteiger partial charge in [-0.15, -0.1) is 0 Å². The van der Waals surface area contributed by atoms with E-state index in [1.165, 1.54) is 42.6 Å². The third-order valence-electron chi connectivity index (χ3n) is 3.69. The molecule has 1 amide bonds. The van der Waals surface area contributed by atoms with Crippen molar-refractivity contribution in [1.29, 1.82) is 0 Å². The van der Waals surface area contributed by atoms with Crippen molar-refractivity contribution in [1.82, 2.24) is 15.0 Å². The highest BCUT2D eigenvalue weighted by atomic mass is 35.5. The second-order valence-corrected chi connectivity index (χ2v) is 8.47. The van der Waals surface area contributed by atoms with Crippen molar-refractivity contribution in [3.05, 3.63) is 69.9 Å². The first kappa shape index (κ1) is 21.0. The number of halogens is 2. The molecule has 0 saturated heterocycles. The second kappa shape index (κ2) is 8.32. The van der Waals surface area contributed by atoms with Gasteiger partial charge >= 0.3 is 0 Å². The standard InChI is InChI=1S/C18H15Cl2N5O3S/c1-10-7-16(23-11(2)22-10)25-29(27,28)14-5-3-13(4-6-14)24-18(26)12-8-15(19)17(20)21-9-12/h3-9H,1-2H3,(H,24,26)(H,22,23,25). The van der Waals surface area contributed by atoms with Crippen molar-refractivity contribution in [2.75, 3.05) is 10.0 Å². The van der Waals surface area contributed by atoms with Crippen molar-refractivity contribution < 1.29 is 13.2 Å². The maximum Gasteiger partial charge on any atom is 0.263 e. The Bertz CT molecular complexity index is 1160. The van der Waals surface area contributed by atoms with E-state index in [1.54, 1.807) is 13.8 Å². The molecule has 0 unspecified atom stereocenters. The molecule has 0 bridgehead atoms. The van der Waals surface area contributed by atoms with Crippen LogP contribution in [0.15, 0.2) is 47.5 Å². The lowest BCUT2D eigenvalue weighted by molar-refractivity contribution is 0.102. The van der Waals surface area contributed by atoms with Gasteiger partial charge in [-0.25, -0.2) is 23.4 Å². The van der Waals surface area contributed by atoms with Crippen LogP contribution in [-0.2, 0) is 10.0 Å². The predicted octanol–water partition coefficient (Wildman–Crippen LogP) is 3.85. The molecule has 0 spiro atoms. The molecular weight excluding hydrogens is 437 g/mol. The summed E-state index contributed by atoms with van der Waals surface area (Å²) >= 11 is 11.6. The van der Waals surface area contributed by atoms with Gasteiger partial charge in [0.05, 0.1) is 15.5 Å². The highest BCUT2D eigenvalue weighted by Crippen LogP contribution is 2.21. The molecule has 2 aromatic heterocycles. The summed E-state index contributed by atoms with van der Waals surface area (Å²) in [5, 5.41) is 2.88. The van der Waals surface area contributed by atoms with Crippen LogP contribution in [-0.4, -0.2) is 29.3 Å². The van der Waals surface area contributed by atoms with Gasteiger partial charge in [0.1, 0.15) is 16.8 Å². The number of benzene rings is 1. The monoisotopic (exact) mass is 451 g/mol. The fourth-order valence-electron chi connectivity index (χ4n) is 2.43. The Kier molecular flexibility index (Phi) is 6.02. The zero-order valence-electron chi connectivity index (χ0n) is 15.3. The largest absolute Gasteiger partial charge is 0.322 e. The molecule has 0 radical (unpaired) electrons. The van der Waals surface area contributed by atoms with Gasteiger partial charge in [-0.1, -0.05) is 23.2 Å². The number of nitrogens with one attached hydrogen (secondary N) is 2. The van der Waals surface area contributed by atoms with E-state index in [4.69, 9.17) is 23.2 Å². The average molecular weight is 452 g/mol. The van der Waals surface area contributed by atoms with Crippen LogP contribution in [0.25, 0.3) is 0 Å². The number of pyridine rings is 1. The number of carbonyl (C=O) groups is 1. The topological polar surface area (TPSA) is 114 Å². The maximum absolute atomic E-state index is 12.6. The molecule has 150 valence electrons. The molecule has 11 heteroatoms. The van der Waals surface area contributed by atoms with Gasteiger partial charge in [0.2, 0.25) is 0 Å². The van der Waals surface area contributed by atoms with Crippen LogP contribution in [0.2, 0.25) is 10.2 Å². The number of rotatable bonds is 5. The minimum absolute atomic E-state index is 0.0145. The number of hydrogen-bond acceptors (Lipinski definition) is 6. The zero-order valence-corrected chi connectivity index (χ0v) is 17.6. The van der Waals surface area contributed by atoms with Gasteiger partial charge in [-0.3, -0.25) is 9.52 Å². The van der Waals surface area contributed by atoms with E-state index in [9.17, 15) is 13.2 Å². The van der Waals surface area contributed by atoms with Gasteiger partial charge in [0, 0.05) is 23.6 Å². The minimum atomic E-state index is -3.85. The van der Waals surface area contributed by atoms with Crippen LogP contribution in [0.5, 0.6) is 0 Å². The summed E-state index contributed by atoms with van der Waals surface area (Å²) in [5.74, 6) is 0.175. The fourth-order valence-corrected chi connectivity index (χ4v) is 3.69. The molecule has 0 saturated carbocycles. The van der Waals surface area contributed by atoms with Gasteiger partial charge in [0.15, 0.2) is 0 Å². The molecule has 0 atom stereocenters. The summed E-state index contributed by atoms with van der Waals surface area (Å²) in [6.45, 7) is 3.42. The fraction of sp³-hybridized carbons (Fsp3) is 0.111. The lowest BCUT2D eigenvalue weighted by Gasteiger charge is -2.10. The smallest absolute Gasteiger partial charge is 0.263 e. The molecule has 2 N–H and O–H groups in total. The average Bonchev–Trinajstić information content (AvgIpc) is 2.63. The van der Waals surface area contributed by atoms with E-state index in [0.717, 1.165) is 0 Å². The number of sulfonamides is 1. The number of nitrogens with zero attached hydrogens (tertiary/aromatic N) is 3. The van der Waals surface area contributed by atoms with E-state index in [0.29, 0.717) is 17.2 Å². The molecular formula is C18H15Cl2N5O3S. The first-order valence-electron chi connectivity index (χ1n) is 8.21.